The van der Waals surface area contributed by atoms with Gasteiger partial charge >= 0.3 is 0 Å². The monoisotopic (exact) mass is 170 g/mol. The van der Waals surface area contributed by atoms with Gasteiger partial charge in [0, 0.05) is 17.4 Å². The summed E-state index contributed by atoms with van der Waals surface area (Å²) in [6, 6.07) is 0. The lowest BCUT2D eigenvalue weighted by atomic mass is 9.92. The maximum Gasteiger partial charge on any atom is 0.161 e. The van der Waals surface area contributed by atoms with Gasteiger partial charge in [-0.05, 0) is 0 Å². The number of carbonyl (C=O) groups is 1. The van der Waals surface area contributed by atoms with Crippen molar-refractivity contribution in [2.75, 3.05) is 0 Å². The van der Waals surface area contributed by atoms with E-state index < -0.39 is 0 Å². The van der Waals surface area contributed by atoms with Gasteiger partial charge < -0.3 is 5.11 Å². The third-order valence-corrected chi connectivity index (χ3v) is 1.62. The van der Waals surface area contributed by atoms with Crippen LogP contribution in [0.3, 0.4) is 0 Å². The minimum absolute atomic E-state index is 0.0255. The second kappa shape index (κ2) is 3.74. The average Bonchev–Trinajstić information content (AvgIpc) is 1.85. The van der Waals surface area contributed by atoms with Crippen LogP contribution in [0.4, 0.5) is 0 Å². The third kappa shape index (κ3) is 3.56. The smallest absolute Gasteiger partial charge is 0.161 e. The molecule has 12 heavy (non-hydrogen) atoms. The molecule has 0 aromatic rings. The fourth-order valence-electron chi connectivity index (χ4n) is 0.518. The van der Waals surface area contributed by atoms with Gasteiger partial charge in [0.25, 0.3) is 0 Å². The van der Waals surface area contributed by atoms with Crippen LogP contribution >= 0.6 is 0 Å². The van der Waals surface area contributed by atoms with Gasteiger partial charge in [0.05, 0.1) is 0 Å². The molecule has 2 heteroatoms. The normalized spacial score (nSPS) is 13.7. The SMILES string of the molecule is CC(C)C(=O)C=C(O)C(C)(C)C. The molecule has 0 amide bonds. The van der Waals surface area contributed by atoms with Crippen molar-refractivity contribution in [1.82, 2.24) is 0 Å². The first-order valence-corrected chi connectivity index (χ1v) is 4.20. The molecule has 0 atom stereocenters. The van der Waals surface area contributed by atoms with Crippen LogP contribution in [0.25, 0.3) is 0 Å². The molecule has 0 aliphatic rings. The zero-order valence-electron chi connectivity index (χ0n) is 8.51. The molecule has 0 heterocycles. The Balaban J connectivity index is 4.48. The standard InChI is InChI=1S/C10H18O2/c1-7(2)8(11)6-9(12)10(3,4)5/h6-7,12H,1-5H3. The van der Waals surface area contributed by atoms with E-state index in [1.807, 2.05) is 34.6 Å². The van der Waals surface area contributed by atoms with Gasteiger partial charge in [0.15, 0.2) is 5.78 Å². The lowest BCUT2D eigenvalue weighted by Gasteiger charge is -2.17. The summed E-state index contributed by atoms with van der Waals surface area (Å²) in [6.07, 6.45) is 1.32. The minimum Gasteiger partial charge on any atom is -0.512 e. The molecule has 0 aromatic heterocycles. The summed E-state index contributed by atoms with van der Waals surface area (Å²) in [4.78, 5) is 11.2. The summed E-state index contributed by atoms with van der Waals surface area (Å²) in [5.41, 5.74) is -0.329. The number of aliphatic hydroxyl groups is 1. The van der Waals surface area contributed by atoms with Gasteiger partial charge in [0.1, 0.15) is 5.76 Å². The maximum absolute atomic E-state index is 11.2. The molecule has 0 saturated carbocycles. The van der Waals surface area contributed by atoms with Crippen molar-refractivity contribution in [1.29, 1.82) is 0 Å². The van der Waals surface area contributed by atoms with Crippen molar-refractivity contribution in [2.45, 2.75) is 34.6 Å². The first-order chi connectivity index (χ1) is 5.25. The van der Waals surface area contributed by atoms with Crippen LogP contribution in [0.2, 0.25) is 0 Å². The van der Waals surface area contributed by atoms with E-state index in [1.54, 1.807) is 0 Å². The van der Waals surface area contributed by atoms with E-state index in [4.69, 9.17) is 0 Å². The number of rotatable bonds is 2. The van der Waals surface area contributed by atoms with Crippen molar-refractivity contribution in [3.8, 4) is 0 Å². The lowest BCUT2D eigenvalue weighted by molar-refractivity contribution is -0.117. The van der Waals surface area contributed by atoms with E-state index in [0.717, 1.165) is 0 Å². The van der Waals surface area contributed by atoms with Crippen LogP contribution in [0.1, 0.15) is 34.6 Å². The highest BCUT2D eigenvalue weighted by molar-refractivity contribution is 5.91. The Hall–Kier alpha value is -0.790. The third-order valence-electron chi connectivity index (χ3n) is 1.62. The minimum atomic E-state index is -0.329. The van der Waals surface area contributed by atoms with Crippen LogP contribution in [0.15, 0.2) is 11.8 Å². The zero-order chi connectivity index (χ0) is 9.94. The van der Waals surface area contributed by atoms with Crippen LogP contribution < -0.4 is 0 Å². The van der Waals surface area contributed by atoms with E-state index in [-0.39, 0.29) is 22.9 Å². The molecule has 0 aliphatic carbocycles. The Morgan fingerprint density at radius 1 is 1.33 bits per heavy atom. The van der Waals surface area contributed by atoms with E-state index in [2.05, 4.69) is 0 Å². The zero-order valence-corrected chi connectivity index (χ0v) is 8.51. The average molecular weight is 170 g/mol. The summed E-state index contributed by atoms with van der Waals surface area (Å²) in [7, 11) is 0. The van der Waals surface area contributed by atoms with Gasteiger partial charge in [0.2, 0.25) is 0 Å². The number of aliphatic hydroxyl groups excluding tert-OH is 1. The van der Waals surface area contributed by atoms with Crippen molar-refractivity contribution in [2.24, 2.45) is 11.3 Å². The van der Waals surface area contributed by atoms with Crippen molar-refractivity contribution >= 4 is 5.78 Å². The molecular weight excluding hydrogens is 152 g/mol. The largest absolute Gasteiger partial charge is 0.512 e. The van der Waals surface area contributed by atoms with Gasteiger partial charge in [-0.15, -0.1) is 0 Å². The molecule has 0 fully saturated rings. The number of hydrogen-bond acceptors (Lipinski definition) is 2. The molecule has 70 valence electrons. The molecule has 0 bridgehead atoms. The summed E-state index contributed by atoms with van der Waals surface area (Å²) >= 11 is 0. The van der Waals surface area contributed by atoms with Crippen molar-refractivity contribution in [3.05, 3.63) is 11.8 Å². The van der Waals surface area contributed by atoms with E-state index >= 15 is 0 Å². The molecule has 0 aliphatic heterocycles. The van der Waals surface area contributed by atoms with Gasteiger partial charge in [-0.2, -0.15) is 0 Å². The first-order valence-electron chi connectivity index (χ1n) is 4.20. The summed E-state index contributed by atoms with van der Waals surface area (Å²) in [5.74, 6) is 0.0816. The number of allylic oxidation sites excluding steroid dienone is 2. The van der Waals surface area contributed by atoms with Crippen LogP contribution in [0.5, 0.6) is 0 Å². The Bertz CT molecular complexity index is 194. The molecule has 0 saturated heterocycles. The quantitative estimate of drug-likeness (QED) is 0.511. The van der Waals surface area contributed by atoms with Crippen LogP contribution in [-0.2, 0) is 4.79 Å². The van der Waals surface area contributed by atoms with E-state index in [9.17, 15) is 9.90 Å². The van der Waals surface area contributed by atoms with E-state index in [1.165, 1.54) is 6.08 Å². The summed E-state index contributed by atoms with van der Waals surface area (Å²) < 4.78 is 0. The Kier molecular flexibility index (Phi) is 3.50. The van der Waals surface area contributed by atoms with Crippen molar-refractivity contribution < 1.29 is 9.90 Å². The fraction of sp³-hybridized carbons (Fsp3) is 0.700. The summed E-state index contributed by atoms with van der Waals surface area (Å²) in [6.45, 7) is 9.23. The maximum atomic E-state index is 11.2. The number of ketones is 1. The Morgan fingerprint density at radius 3 is 2.00 bits per heavy atom. The number of hydrogen-bond donors (Lipinski definition) is 1. The highest BCUT2D eigenvalue weighted by atomic mass is 16.3. The molecule has 0 rings (SSSR count). The molecule has 0 unspecified atom stereocenters. The second-order valence-corrected chi connectivity index (χ2v) is 4.34. The van der Waals surface area contributed by atoms with E-state index in [0.29, 0.717) is 0 Å². The van der Waals surface area contributed by atoms with Crippen LogP contribution in [-0.4, -0.2) is 10.9 Å². The predicted octanol–water partition coefficient (Wildman–Crippen LogP) is 2.70. The molecule has 2 nitrogen and oxygen atoms in total. The molecule has 0 aromatic carbocycles. The summed E-state index contributed by atoms with van der Waals surface area (Å²) in [5, 5.41) is 9.45. The Labute approximate surface area is 74.3 Å². The highest BCUT2D eigenvalue weighted by Gasteiger charge is 2.17. The molecule has 1 N–H and O–H groups in total. The predicted molar refractivity (Wildman–Crippen MR) is 50.0 cm³/mol. The lowest BCUT2D eigenvalue weighted by Crippen LogP contribution is -2.12. The highest BCUT2D eigenvalue weighted by Crippen LogP contribution is 2.22. The fourth-order valence-corrected chi connectivity index (χ4v) is 0.518. The topological polar surface area (TPSA) is 37.3 Å². The number of carbonyl (C=O) groups excluding carboxylic acids is 1. The van der Waals surface area contributed by atoms with Gasteiger partial charge in [-0.3, -0.25) is 4.79 Å². The molecule has 0 spiro atoms. The van der Waals surface area contributed by atoms with Crippen LogP contribution in [0, 0.1) is 11.3 Å². The van der Waals surface area contributed by atoms with Gasteiger partial charge in [-0.25, -0.2) is 0 Å². The van der Waals surface area contributed by atoms with Crippen molar-refractivity contribution in [3.63, 3.8) is 0 Å². The second-order valence-electron chi connectivity index (χ2n) is 4.34. The first kappa shape index (κ1) is 11.2. The molecule has 0 radical (unpaired) electrons. The molecular formula is C10H18O2. The van der Waals surface area contributed by atoms with Gasteiger partial charge in [-0.1, -0.05) is 34.6 Å². The Morgan fingerprint density at radius 2 is 1.75 bits per heavy atom.